The second kappa shape index (κ2) is 8.52. The van der Waals surface area contributed by atoms with Crippen molar-refractivity contribution in [3.8, 4) is 0 Å². The van der Waals surface area contributed by atoms with E-state index in [1.165, 1.54) is 17.7 Å². The van der Waals surface area contributed by atoms with Gasteiger partial charge in [0.05, 0.1) is 5.54 Å². The molecule has 3 aliphatic heterocycles. The summed E-state index contributed by atoms with van der Waals surface area (Å²) in [5.74, 6) is 0.493. The number of nitrogens with zero attached hydrogens (tertiary/aromatic N) is 3. The maximum atomic E-state index is 12.9. The number of likely N-dealkylation sites (N-methyl/N-ethyl adjacent to an activating group) is 1. The number of piperidine rings is 1. The van der Waals surface area contributed by atoms with Gasteiger partial charge in [0.15, 0.2) is 0 Å². The third kappa shape index (κ3) is 4.10. The zero-order valence-electron chi connectivity index (χ0n) is 20.0. The maximum absolute atomic E-state index is 12.9. The molecule has 3 saturated heterocycles. The monoisotopic (exact) mass is 466 g/mol. The number of hydrogen-bond donors (Lipinski definition) is 1. The predicted molar refractivity (Wildman–Crippen MR) is 136 cm³/mol. The number of likely N-dealkylation sites (tertiary alicyclic amines) is 2. The van der Waals surface area contributed by atoms with Gasteiger partial charge in [0, 0.05) is 54.5 Å². The van der Waals surface area contributed by atoms with E-state index in [1.54, 1.807) is 0 Å². The Balaban J connectivity index is 1.18. The number of carbonyl (C=O) groups excluding carboxylic acids is 1. The summed E-state index contributed by atoms with van der Waals surface area (Å²) in [6, 6.07) is 16.5. The fourth-order valence-corrected chi connectivity index (χ4v) is 6.52. The van der Waals surface area contributed by atoms with Crippen LogP contribution in [0.15, 0.2) is 48.5 Å². The average molecular weight is 467 g/mol. The molecule has 5 rings (SSSR count). The van der Waals surface area contributed by atoms with Crippen LogP contribution in [0.5, 0.6) is 0 Å². The van der Waals surface area contributed by atoms with Gasteiger partial charge in [0.2, 0.25) is 0 Å². The van der Waals surface area contributed by atoms with Crippen LogP contribution in [0.3, 0.4) is 0 Å². The van der Waals surface area contributed by atoms with Gasteiger partial charge >= 0.3 is 6.03 Å². The molecule has 0 spiro atoms. The van der Waals surface area contributed by atoms with Crippen LogP contribution in [0.4, 0.5) is 16.2 Å². The van der Waals surface area contributed by atoms with Crippen LogP contribution in [0.2, 0.25) is 5.02 Å². The average Bonchev–Trinajstić information content (AvgIpc) is 3.18. The number of anilines is 2. The smallest absolute Gasteiger partial charge is 0.321 e. The van der Waals surface area contributed by atoms with Crippen LogP contribution in [0.1, 0.15) is 44.6 Å². The first-order valence-electron chi connectivity index (χ1n) is 12.2. The molecule has 0 aromatic heterocycles. The van der Waals surface area contributed by atoms with Gasteiger partial charge in [-0.05, 0) is 81.1 Å². The molecular formula is C27H35ClN4O. The molecule has 176 valence electrons. The van der Waals surface area contributed by atoms with E-state index >= 15 is 0 Å². The summed E-state index contributed by atoms with van der Waals surface area (Å²) in [4.78, 5) is 19.8. The highest BCUT2D eigenvalue weighted by molar-refractivity contribution is 6.30. The van der Waals surface area contributed by atoms with Gasteiger partial charge < -0.3 is 20.0 Å². The minimum absolute atomic E-state index is 0.00423. The van der Waals surface area contributed by atoms with Crippen LogP contribution >= 0.6 is 11.6 Å². The number of nitrogens with one attached hydrogen (secondary N) is 1. The highest BCUT2D eigenvalue weighted by atomic mass is 35.5. The molecule has 2 atom stereocenters. The zero-order chi connectivity index (χ0) is 23.2. The summed E-state index contributed by atoms with van der Waals surface area (Å²) in [7, 11) is 2.23. The van der Waals surface area contributed by atoms with Crippen molar-refractivity contribution < 1.29 is 4.79 Å². The van der Waals surface area contributed by atoms with Crippen LogP contribution in [-0.2, 0) is 0 Å². The third-order valence-electron chi connectivity index (χ3n) is 8.53. The summed E-state index contributed by atoms with van der Waals surface area (Å²) in [6.45, 7) is 9.73. The second-order valence-corrected chi connectivity index (χ2v) is 11.1. The highest BCUT2D eigenvalue weighted by Gasteiger charge is 2.58. The third-order valence-corrected chi connectivity index (χ3v) is 8.79. The number of rotatable bonds is 3. The summed E-state index contributed by atoms with van der Waals surface area (Å²) in [5, 5.41) is 3.87. The maximum Gasteiger partial charge on any atom is 0.321 e. The van der Waals surface area contributed by atoms with Crippen molar-refractivity contribution in [2.75, 3.05) is 50.0 Å². The van der Waals surface area contributed by atoms with Crippen molar-refractivity contribution in [3.63, 3.8) is 0 Å². The van der Waals surface area contributed by atoms with Crippen LogP contribution in [0.25, 0.3) is 0 Å². The van der Waals surface area contributed by atoms with Crippen molar-refractivity contribution in [3.05, 3.63) is 59.1 Å². The van der Waals surface area contributed by atoms with Crippen LogP contribution < -0.4 is 10.2 Å². The molecule has 0 saturated carbocycles. The molecular weight excluding hydrogens is 432 g/mol. The quantitative estimate of drug-likeness (QED) is 0.633. The largest absolute Gasteiger partial charge is 0.364 e. The Morgan fingerprint density at radius 1 is 0.970 bits per heavy atom. The standard InChI is InChI=1S/C27H35ClN4O/c1-26-14-17-32(27(26,2)19-30(3)18-26)24-10-8-23(9-11-24)29-25(33)31-15-12-21(13-16-31)20-4-6-22(28)7-5-20/h4-11,21H,12-19H2,1-3H3,(H,29,33)/t26-,27+/m1/s1. The molecule has 3 fully saturated rings. The molecule has 2 aromatic rings. The van der Waals surface area contributed by atoms with Crippen LogP contribution in [-0.4, -0.2) is 61.1 Å². The molecule has 0 unspecified atom stereocenters. The fourth-order valence-electron chi connectivity index (χ4n) is 6.40. The lowest BCUT2D eigenvalue weighted by Gasteiger charge is -2.41. The Bertz CT molecular complexity index is 1000. The first-order chi connectivity index (χ1) is 15.8. The SMILES string of the molecule is CN1C[C@@]2(C)CCN(c3ccc(NC(=O)N4CCC(c5ccc(Cl)cc5)CC4)cc3)[C@@]2(C)C1. The first kappa shape index (κ1) is 22.5. The molecule has 2 amide bonds. The minimum atomic E-state index is -0.00423. The Kier molecular flexibility index (Phi) is 5.82. The lowest BCUT2D eigenvalue weighted by molar-refractivity contribution is 0.194. The number of amides is 2. The van der Waals surface area contributed by atoms with Gasteiger partial charge in [0.1, 0.15) is 0 Å². The van der Waals surface area contributed by atoms with Crippen molar-refractivity contribution >= 4 is 29.0 Å². The van der Waals surface area contributed by atoms with Gasteiger partial charge in [-0.2, -0.15) is 0 Å². The Hall–Kier alpha value is -2.24. The zero-order valence-corrected chi connectivity index (χ0v) is 20.7. The van der Waals surface area contributed by atoms with Crippen molar-refractivity contribution in [2.24, 2.45) is 5.41 Å². The topological polar surface area (TPSA) is 38.8 Å². The van der Waals surface area contributed by atoms with Gasteiger partial charge in [-0.25, -0.2) is 4.79 Å². The molecule has 2 aromatic carbocycles. The van der Waals surface area contributed by atoms with E-state index in [1.807, 2.05) is 29.2 Å². The van der Waals surface area contributed by atoms with Gasteiger partial charge in [0.25, 0.3) is 0 Å². The molecule has 0 aliphatic carbocycles. The number of hydrogen-bond acceptors (Lipinski definition) is 3. The Morgan fingerprint density at radius 3 is 2.30 bits per heavy atom. The molecule has 33 heavy (non-hydrogen) atoms. The molecule has 0 radical (unpaired) electrons. The predicted octanol–water partition coefficient (Wildman–Crippen LogP) is 5.67. The van der Waals surface area contributed by atoms with Gasteiger partial charge in [-0.1, -0.05) is 30.7 Å². The fraction of sp³-hybridized carbons (Fsp3) is 0.519. The Morgan fingerprint density at radius 2 is 1.64 bits per heavy atom. The van der Waals surface area contributed by atoms with Gasteiger partial charge in [-0.3, -0.25) is 0 Å². The lowest BCUT2D eigenvalue weighted by Crippen LogP contribution is -2.50. The molecule has 0 bridgehead atoms. The van der Waals surface area contributed by atoms with E-state index in [9.17, 15) is 4.79 Å². The van der Waals surface area contributed by atoms with Crippen molar-refractivity contribution in [2.45, 2.75) is 44.6 Å². The van der Waals surface area contributed by atoms with Gasteiger partial charge in [-0.15, -0.1) is 0 Å². The van der Waals surface area contributed by atoms with E-state index in [0.29, 0.717) is 11.3 Å². The van der Waals surface area contributed by atoms with E-state index < -0.39 is 0 Å². The van der Waals surface area contributed by atoms with E-state index in [4.69, 9.17) is 11.6 Å². The summed E-state index contributed by atoms with van der Waals surface area (Å²) < 4.78 is 0. The molecule has 1 N–H and O–H groups in total. The van der Waals surface area contributed by atoms with Crippen molar-refractivity contribution in [1.82, 2.24) is 9.80 Å². The molecule has 6 heteroatoms. The highest BCUT2D eigenvalue weighted by Crippen LogP contribution is 2.51. The molecule has 3 heterocycles. The number of fused-ring (bicyclic) bond motifs is 1. The number of halogens is 1. The normalized spacial score (nSPS) is 28.2. The number of carbonyl (C=O) groups is 1. The van der Waals surface area contributed by atoms with Crippen LogP contribution in [0, 0.1) is 5.41 Å². The van der Waals surface area contributed by atoms with E-state index in [-0.39, 0.29) is 11.6 Å². The molecule has 3 aliphatic rings. The van der Waals surface area contributed by atoms with Crippen molar-refractivity contribution in [1.29, 1.82) is 0 Å². The second-order valence-electron chi connectivity index (χ2n) is 10.7. The van der Waals surface area contributed by atoms with E-state index in [0.717, 1.165) is 56.3 Å². The summed E-state index contributed by atoms with van der Waals surface area (Å²) in [5.41, 5.74) is 3.90. The summed E-state index contributed by atoms with van der Waals surface area (Å²) in [6.07, 6.45) is 3.18. The Labute approximate surface area is 202 Å². The van der Waals surface area contributed by atoms with E-state index in [2.05, 4.69) is 60.3 Å². The lowest BCUT2D eigenvalue weighted by atomic mass is 9.75. The summed E-state index contributed by atoms with van der Waals surface area (Å²) >= 11 is 6.02. The first-order valence-corrected chi connectivity index (χ1v) is 12.5. The molecule has 5 nitrogen and oxygen atoms in total. The minimum Gasteiger partial charge on any atom is -0.364 e. The number of urea groups is 1. The number of benzene rings is 2.